The molecule has 74 valence electrons. The summed E-state index contributed by atoms with van der Waals surface area (Å²) in [5, 5.41) is 0. The van der Waals surface area contributed by atoms with Crippen molar-refractivity contribution < 1.29 is 0 Å². The Morgan fingerprint density at radius 2 is 1.25 bits per heavy atom. The third-order valence-corrected chi connectivity index (χ3v) is 18.8. The molecule has 0 aromatic rings. The fourth-order valence-electron chi connectivity index (χ4n) is 2.34. The van der Waals surface area contributed by atoms with Gasteiger partial charge in [-0.2, -0.15) is 0 Å². The fourth-order valence-corrected chi connectivity index (χ4v) is 22.6. The highest BCUT2D eigenvalue weighted by atomic mass is 28.4. The molecule has 0 rings (SSSR count). The Balaban J connectivity index is 4.04. The lowest BCUT2D eigenvalue weighted by molar-refractivity contribution is 1.31. The molecule has 0 fully saturated rings. The molecule has 0 aliphatic heterocycles. The van der Waals surface area contributed by atoms with Crippen molar-refractivity contribution in [2.75, 3.05) is 0 Å². The molecule has 0 aromatic heterocycles. The molecule has 0 amide bonds. The molecule has 12 heavy (non-hydrogen) atoms. The standard InChI is InChI=1S/C9H26Si3/c1-7-12(6,8-10(2)3)9-11(4)5/h10-11H,7-9H2,1-6H3. The first-order valence-electron chi connectivity index (χ1n) is 5.39. The Morgan fingerprint density at radius 3 is 1.42 bits per heavy atom. The zero-order valence-electron chi connectivity index (χ0n) is 9.78. The molecule has 0 saturated heterocycles. The van der Waals surface area contributed by atoms with Gasteiger partial charge in [-0.15, -0.1) is 0 Å². The summed E-state index contributed by atoms with van der Waals surface area (Å²) < 4.78 is 0. The van der Waals surface area contributed by atoms with Gasteiger partial charge in [0.25, 0.3) is 0 Å². The van der Waals surface area contributed by atoms with E-state index in [2.05, 4.69) is 39.7 Å². The molecule has 0 saturated carbocycles. The highest BCUT2D eigenvalue weighted by Crippen LogP contribution is 2.23. The van der Waals surface area contributed by atoms with Gasteiger partial charge in [0.2, 0.25) is 0 Å². The third kappa shape index (κ3) is 5.32. The van der Waals surface area contributed by atoms with Gasteiger partial charge >= 0.3 is 0 Å². The molecular weight excluding hydrogens is 192 g/mol. The SMILES string of the molecule is CC[Si](C)(C[SiH](C)C)C[SiH](C)C. The first-order valence-corrected chi connectivity index (χ1v) is 14.8. The van der Waals surface area contributed by atoms with Crippen molar-refractivity contribution in [1.29, 1.82) is 0 Å². The second kappa shape index (κ2) is 5.40. The number of hydrogen-bond acceptors (Lipinski definition) is 0. The molecule has 3 heteroatoms. The van der Waals surface area contributed by atoms with Gasteiger partial charge in [0.1, 0.15) is 0 Å². The molecule has 0 N–H and O–H groups in total. The summed E-state index contributed by atoms with van der Waals surface area (Å²) in [6, 6.07) is 1.53. The first-order chi connectivity index (χ1) is 5.39. The van der Waals surface area contributed by atoms with E-state index in [1.807, 2.05) is 0 Å². The first kappa shape index (κ1) is 12.7. The van der Waals surface area contributed by atoms with Gasteiger partial charge in [-0.3, -0.25) is 0 Å². The number of rotatable bonds is 5. The van der Waals surface area contributed by atoms with E-state index in [0.717, 1.165) is 0 Å². The number of hydrogen-bond donors (Lipinski definition) is 0. The normalized spacial score (nSPS) is 13.0. The highest BCUT2D eigenvalue weighted by Gasteiger charge is 2.26. The molecule has 0 spiro atoms. The van der Waals surface area contributed by atoms with Gasteiger partial charge < -0.3 is 0 Å². The summed E-state index contributed by atoms with van der Waals surface area (Å²) >= 11 is 0. The second-order valence-corrected chi connectivity index (χ2v) is 18.5. The van der Waals surface area contributed by atoms with Crippen LogP contribution in [0, 0.1) is 0 Å². The minimum absolute atomic E-state index is 0.288. The van der Waals surface area contributed by atoms with E-state index in [4.69, 9.17) is 0 Å². The van der Waals surface area contributed by atoms with Gasteiger partial charge in [0.15, 0.2) is 0 Å². The molecule has 0 radical (unpaired) electrons. The van der Waals surface area contributed by atoms with E-state index in [9.17, 15) is 0 Å². The monoisotopic (exact) mass is 218 g/mol. The Hall–Kier alpha value is 0.651. The zero-order valence-corrected chi connectivity index (χ0v) is 13.1. The minimum atomic E-state index is -0.726. The van der Waals surface area contributed by atoms with Crippen LogP contribution in [0.25, 0.3) is 0 Å². The molecule has 0 nitrogen and oxygen atoms in total. The van der Waals surface area contributed by atoms with Crippen LogP contribution in [0.2, 0.25) is 50.1 Å². The Morgan fingerprint density at radius 1 is 0.917 bits per heavy atom. The average Bonchev–Trinajstić information content (AvgIpc) is 1.83. The summed E-state index contributed by atoms with van der Waals surface area (Å²) in [5.41, 5.74) is 3.38. The lowest BCUT2D eigenvalue weighted by Gasteiger charge is -2.29. The van der Waals surface area contributed by atoms with Gasteiger partial charge in [-0.25, -0.2) is 0 Å². The van der Waals surface area contributed by atoms with E-state index < -0.39 is 8.07 Å². The van der Waals surface area contributed by atoms with Gasteiger partial charge in [0, 0.05) is 25.7 Å². The molecule has 0 atom stereocenters. The summed E-state index contributed by atoms with van der Waals surface area (Å²) in [6.07, 6.45) is 0. The van der Waals surface area contributed by atoms with Crippen LogP contribution < -0.4 is 0 Å². The van der Waals surface area contributed by atoms with Crippen molar-refractivity contribution in [1.82, 2.24) is 0 Å². The van der Waals surface area contributed by atoms with Crippen LogP contribution in [-0.4, -0.2) is 25.7 Å². The van der Waals surface area contributed by atoms with Crippen molar-refractivity contribution in [3.8, 4) is 0 Å². The maximum Gasteiger partial charge on any atom is 0.0444 e. The van der Waals surface area contributed by atoms with E-state index >= 15 is 0 Å². The van der Waals surface area contributed by atoms with E-state index in [1.165, 1.54) is 6.04 Å². The van der Waals surface area contributed by atoms with Crippen molar-refractivity contribution in [3.63, 3.8) is 0 Å². The van der Waals surface area contributed by atoms with Crippen LogP contribution in [0.4, 0.5) is 0 Å². The van der Waals surface area contributed by atoms with Crippen LogP contribution in [0.15, 0.2) is 0 Å². The Bertz CT molecular complexity index is 111. The summed E-state index contributed by atoms with van der Waals surface area (Å²) in [6.45, 7) is 15.1. The van der Waals surface area contributed by atoms with Crippen LogP contribution >= 0.6 is 0 Å². The second-order valence-electron chi connectivity index (χ2n) is 5.36. The predicted molar refractivity (Wildman–Crippen MR) is 69.5 cm³/mol. The quantitative estimate of drug-likeness (QED) is 0.622. The lowest BCUT2D eigenvalue weighted by Crippen LogP contribution is -2.36. The van der Waals surface area contributed by atoms with Gasteiger partial charge in [-0.1, -0.05) is 57.0 Å². The zero-order chi connectivity index (χ0) is 9.78. The molecule has 0 aromatic carbocycles. The van der Waals surface area contributed by atoms with E-state index in [-0.39, 0.29) is 17.6 Å². The largest absolute Gasteiger partial charge is 0.0724 e. The van der Waals surface area contributed by atoms with Crippen molar-refractivity contribution in [3.05, 3.63) is 0 Å². The summed E-state index contributed by atoms with van der Waals surface area (Å²) in [7, 11) is -1.30. The highest BCUT2D eigenvalue weighted by molar-refractivity contribution is 6.94. The van der Waals surface area contributed by atoms with E-state index in [1.54, 1.807) is 11.3 Å². The van der Waals surface area contributed by atoms with Crippen molar-refractivity contribution >= 4 is 25.7 Å². The Kier molecular flexibility index (Phi) is 5.69. The third-order valence-electron chi connectivity index (χ3n) is 2.66. The van der Waals surface area contributed by atoms with E-state index in [0.29, 0.717) is 0 Å². The molecular formula is C9H26Si3. The molecule has 0 aliphatic rings. The summed E-state index contributed by atoms with van der Waals surface area (Å²) in [5.74, 6) is 0. The molecule has 0 heterocycles. The smallest absolute Gasteiger partial charge is 0.0444 e. The van der Waals surface area contributed by atoms with Gasteiger partial charge in [0.05, 0.1) is 0 Å². The summed E-state index contributed by atoms with van der Waals surface area (Å²) in [4.78, 5) is 0. The maximum atomic E-state index is 2.65. The van der Waals surface area contributed by atoms with Crippen molar-refractivity contribution in [2.45, 2.75) is 57.0 Å². The van der Waals surface area contributed by atoms with Crippen molar-refractivity contribution in [2.24, 2.45) is 0 Å². The van der Waals surface area contributed by atoms with Crippen LogP contribution in [0.1, 0.15) is 6.92 Å². The lowest BCUT2D eigenvalue weighted by atomic mass is 11.0. The molecule has 0 bridgehead atoms. The fraction of sp³-hybridized carbons (Fsp3) is 1.00. The maximum absolute atomic E-state index is 2.65. The molecule has 0 aliphatic carbocycles. The minimum Gasteiger partial charge on any atom is -0.0724 e. The molecule has 0 unspecified atom stereocenters. The van der Waals surface area contributed by atoms with Crippen LogP contribution in [0.3, 0.4) is 0 Å². The average molecular weight is 219 g/mol. The van der Waals surface area contributed by atoms with Crippen LogP contribution in [-0.2, 0) is 0 Å². The predicted octanol–water partition coefficient (Wildman–Crippen LogP) is 3.14. The Labute approximate surface area is 83.0 Å². The topological polar surface area (TPSA) is 0 Å². The van der Waals surface area contributed by atoms with Gasteiger partial charge in [-0.05, 0) is 0 Å². The van der Waals surface area contributed by atoms with Crippen LogP contribution in [0.5, 0.6) is 0 Å².